The number of nitrogens with two attached hydrogens (primary N) is 1. The van der Waals surface area contributed by atoms with Crippen molar-refractivity contribution in [2.45, 2.75) is 13.0 Å². The van der Waals surface area contributed by atoms with Gasteiger partial charge in [-0.05, 0) is 48.7 Å². The van der Waals surface area contributed by atoms with E-state index in [1.54, 1.807) is 6.92 Å². The van der Waals surface area contributed by atoms with Crippen LogP contribution >= 0.6 is 11.3 Å². The van der Waals surface area contributed by atoms with E-state index >= 15 is 0 Å². The van der Waals surface area contributed by atoms with E-state index in [1.165, 1.54) is 11.3 Å². The van der Waals surface area contributed by atoms with Crippen molar-refractivity contribution in [2.24, 2.45) is 5.73 Å². The van der Waals surface area contributed by atoms with Gasteiger partial charge in [-0.15, -0.1) is 11.3 Å². The van der Waals surface area contributed by atoms with Crippen LogP contribution in [0.1, 0.15) is 17.8 Å². The molecule has 1 atom stereocenters. The zero-order valence-electron chi connectivity index (χ0n) is 12.5. The monoisotopic (exact) mass is 328 g/mol. The molecule has 0 aliphatic heterocycles. The van der Waals surface area contributed by atoms with Gasteiger partial charge in [-0.1, -0.05) is 18.2 Å². The number of benzene rings is 2. The Kier molecular flexibility index (Phi) is 4.18. The van der Waals surface area contributed by atoms with Gasteiger partial charge in [0, 0.05) is 9.58 Å². The number of para-hydroxylation sites is 1. The molecule has 1 unspecified atom stereocenters. The Morgan fingerprint density at radius 2 is 1.91 bits per heavy atom. The van der Waals surface area contributed by atoms with E-state index in [0.717, 1.165) is 26.5 Å². The lowest BCUT2D eigenvalue weighted by Crippen LogP contribution is -2.34. The van der Waals surface area contributed by atoms with Crippen LogP contribution in [0.3, 0.4) is 0 Å². The minimum Gasteiger partial charge on any atom is -0.457 e. The summed E-state index contributed by atoms with van der Waals surface area (Å²) in [5.41, 5.74) is 5.10. The Bertz CT molecular complexity index is 832. The van der Waals surface area contributed by atoms with Crippen molar-refractivity contribution in [2.75, 3.05) is 0 Å². The van der Waals surface area contributed by atoms with E-state index in [9.17, 15) is 10.0 Å². The van der Waals surface area contributed by atoms with Gasteiger partial charge in [-0.25, -0.2) is 4.79 Å². The van der Waals surface area contributed by atoms with Crippen LogP contribution in [0.5, 0.6) is 11.5 Å². The molecular formula is C17H16N2O3S. The van der Waals surface area contributed by atoms with Crippen molar-refractivity contribution in [3.05, 3.63) is 59.5 Å². The topological polar surface area (TPSA) is 75.8 Å². The van der Waals surface area contributed by atoms with Gasteiger partial charge in [0.2, 0.25) is 0 Å². The van der Waals surface area contributed by atoms with E-state index in [1.807, 2.05) is 54.6 Å². The van der Waals surface area contributed by atoms with Crippen LogP contribution in [0.2, 0.25) is 0 Å². The standard InChI is InChI=1S/C17H16N2O3S/c1-11(19(21)17(18)20)15-9-12-7-8-14(10-16(12)23-15)22-13-5-3-2-4-6-13/h2-11,21H,1H3,(H2,18,20). The van der Waals surface area contributed by atoms with E-state index in [0.29, 0.717) is 5.06 Å². The second kappa shape index (κ2) is 6.28. The predicted octanol–water partition coefficient (Wildman–Crippen LogP) is 4.52. The van der Waals surface area contributed by atoms with Crippen LogP contribution in [0, 0.1) is 0 Å². The number of hydrogen-bond donors (Lipinski definition) is 2. The third-order valence-electron chi connectivity index (χ3n) is 3.49. The zero-order chi connectivity index (χ0) is 16.4. The molecule has 0 saturated heterocycles. The molecule has 118 valence electrons. The number of fused-ring (bicyclic) bond motifs is 1. The summed E-state index contributed by atoms with van der Waals surface area (Å²) in [5.74, 6) is 1.51. The Morgan fingerprint density at radius 3 is 2.61 bits per heavy atom. The van der Waals surface area contributed by atoms with Crippen molar-refractivity contribution in [3.63, 3.8) is 0 Å². The normalized spacial score (nSPS) is 12.1. The van der Waals surface area contributed by atoms with Crippen molar-refractivity contribution >= 4 is 27.5 Å². The molecule has 0 spiro atoms. The molecule has 0 radical (unpaired) electrons. The molecule has 0 bridgehead atoms. The molecule has 23 heavy (non-hydrogen) atoms. The fourth-order valence-electron chi connectivity index (χ4n) is 2.24. The maximum absolute atomic E-state index is 11.1. The number of carbonyl (C=O) groups excluding carboxylic acids is 1. The number of amides is 2. The van der Waals surface area contributed by atoms with Crippen LogP contribution in [0.15, 0.2) is 54.6 Å². The van der Waals surface area contributed by atoms with Gasteiger partial charge in [-0.3, -0.25) is 5.21 Å². The molecule has 1 aromatic heterocycles. The van der Waals surface area contributed by atoms with E-state index in [4.69, 9.17) is 10.5 Å². The quantitative estimate of drug-likeness (QED) is 0.546. The smallest absolute Gasteiger partial charge is 0.339 e. The van der Waals surface area contributed by atoms with Crippen molar-refractivity contribution in [3.8, 4) is 11.5 Å². The average molecular weight is 328 g/mol. The third-order valence-corrected chi connectivity index (χ3v) is 4.76. The Labute approximate surface area is 137 Å². The fourth-order valence-corrected chi connectivity index (χ4v) is 3.37. The first kappa shape index (κ1) is 15.3. The number of urea groups is 1. The molecule has 0 aliphatic carbocycles. The van der Waals surface area contributed by atoms with Crippen molar-refractivity contribution in [1.29, 1.82) is 0 Å². The van der Waals surface area contributed by atoms with Crippen molar-refractivity contribution < 1.29 is 14.7 Å². The molecule has 5 nitrogen and oxygen atoms in total. The predicted molar refractivity (Wildman–Crippen MR) is 90.0 cm³/mol. The fraction of sp³-hybridized carbons (Fsp3) is 0.118. The highest BCUT2D eigenvalue weighted by molar-refractivity contribution is 7.19. The number of thiophene rings is 1. The summed E-state index contributed by atoms with van der Waals surface area (Å²) in [6, 6.07) is 15.9. The summed E-state index contributed by atoms with van der Waals surface area (Å²) in [6.07, 6.45) is 0. The highest BCUT2D eigenvalue weighted by Gasteiger charge is 2.19. The van der Waals surface area contributed by atoms with E-state index in [-0.39, 0.29) is 0 Å². The first-order valence-electron chi connectivity index (χ1n) is 7.08. The van der Waals surface area contributed by atoms with Gasteiger partial charge in [0.1, 0.15) is 11.5 Å². The largest absolute Gasteiger partial charge is 0.457 e. The molecule has 1 heterocycles. The summed E-state index contributed by atoms with van der Waals surface area (Å²) >= 11 is 1.49. The van der Waals surface area contributed by atoms with Crippen LogP contribution in [-0.2, 0) is 0 Å². The minimum absolute atomic E-state index is 0.497. The number of ether oxygens (including phenoxy) is 1. The second-order valence-corrected chi connectivity index (χ2v) is 6.24. The molecule has 3 rings (SSSR count). The van der Waals surface area contributed by atoms with Gasteiger partial charge < -0.3 is 10.5 Å². The van der Waals surface area contributed by atoms with Gasteiger partial charge in [-0.2, -0.15) is 5.06 Å². The van der Waals surface area contributed by atoms with Gasteiger partial charge in [0.25, 0.3) is 0 Å². The molecule has 3 N–H and O–H groups in total. The maximum Gasteiger partial charge on any atom is 0.339 e. The Morgan fingerprint density at radius 1 is 1.17 bits per heavy atom. The maximum atomic E-state index is 11.1. The van der Waals surface area contributed by atoms with Crippen LogP contribution in [0.4, 0.5) is 4.79 Å². The van der Waals surface area contributed by atoms with E-state index < -0.39 is 12.1 Å². The molecule has 0 aliphatic rings. The SMILES string of the molecule is CC(c1cc2ccc(Oc3ccccc3)cc2s1)N(O)C(N)=O. The molecule has 2 amide bonds. The molecular weight excluding hydrogens is 312 g/mol. The molecule has 2 aromatic carbocycles. The van der Waals surface area contributed by atoms with Gasteiger partial charge >= 0.3 is 6.03 Å². The Hall–Kier alpha value is -2.57. The summed E-state index contributed by atoms with van der Waals surface area (Å²) in [4.78, 5) is 11.9. The highest BCUT2D eigenvalue weighted by atomic mass is 32.1. The lowest BCUT2D eigenvalue weighted by Gasteiger charge is -2.18. The van der Waals surface area contributed by atoms with Crippen molar-refractivity contribution in [1.82, 2.24) is 5.06 Å². The number of hydrogen-bond acceptors (Lipinski definition) is 4. The number of nitrogens with zero attached hydrogens (tertiary/aromatic N) is 1. The zero-order valence-corrected chi connectivity index (χ0v) is 13.3. The molecule has 6 heteroatoms. The highest BCUT2D eigenvalue weighted by Crippen LogP contribution is 2.35. The lowest BCUT2D eigenvalue weighted by atomic mass is 10.2. The lowest BCUT2D eigenvalue weighted by molar-refractivity contribution is -0.0700. The Balaban J connectivity index is 1.87. The van der Waals surface area contributed by atoms with E-state index in [2.05, 4.69) is 0 Å². The van der Waals surface area contributed by atoms with Gasteiger partial charge in [0.05, 0.1) is 6.04 Å². The second-order valence-electron chi connectivity index (χ2n) is 5.12. The number of hydroxylamine groups is 2. The van der Waals surface area contributed by atoms with Gasteiger partial charge in [0.15, 0.2) is 0 Å². The average Bonchev–Trinajstić information content (AvgIpc) is 2.97. The summed E-state index contributed by atoms with van der Waals surface area (Å²) in [7, 11) is 0. The first-order chi connectivity index (χ1) is 11.0. The molecule has 0 fully saturated rings. The number of rotatable bonds is 4. The summed E-state index contributed by atoms with van der Waals surface area (Å²) < 4.78 is 6.83. The third kappa shape index (κ3) is 3.28. The summed E-state index contributed by atoms with van der Waals surface area (Å²) in [5, 5.41) is 11.2. The minimum atomic E-state index is -0.872. The summed E-state index contributed by atoms with van der Waals surface area (Å²) in [6.45, 7) is 1.72. The number of primary amides is 1. The molecule has 0 saturated carbocycles. The molecule has 3 aromatic rings. The number of carbonyl (C=O) groups is 1. The van der Waals surface area contributed by atoms with Crippen LogP contribution in [-0.4, -0.2) is 16.3 Å². The first-order valence-corrected chi connectivity index (χ1v) is 7.90. The van der Waals surface area contributed by atoms with Crippen LogP contribution in [0.25, 0.3) is 10.1 Å². The van der Waals surface area contributed by atoms with Crippen LogP contribution < -0.4 is 10.5 Å².